The van der Waals surface area contributed by atoms with E-state index in [9.17, 15) is 5.11 Å². The van der Waals surface area contributed by atoms with E-state index in [1.165, 1.54) is 22.4 Å². The van der Waals surface area contributed by atoms with E-state index < -0.39 is 0 Å². The molecule has 0 bridgehead atoms. The first kappa shape index (κ1) is 17.3. The Hall–Kier alpha value is -1.52. The number of aromatic hydroxyl groups is 1. The SMILES string of the molecule is Cc1cccc(N2CCN(Cc3cc(C)c(O)c(Br)c3)CC2)c1C. The third-order valence-corrected chi connectivity index (χ3v) is 5.61. The first-order valence-corrected chi connectivity index (χ1v) is 9.26. The summed E-state index contributed by atoms with van der Waals surface area (Å²) >= 11 is 3.44. The monoisotopic (exact) mass is 388 g/mol. The molecule has 0 radical (unpaired) electrons. The predicted octanol–water partition coefficient (Wildman–Crippen LogP) is 4.40. The normalized spacial score (nSPS) is 15.8. The molecule has 0 atom stereocenters. The summed E-state index contributed by atoms with van der Waals surface area (Å²) in [5, 5.41) is 9.88. The summed E-state index contributed by atoms with van der Waals surface area (Å²) in [5.74, 6) is 0.346. The van der Waals surface area contributed by atoms with E-state index in [4.69, 9.17) is 0 Å². The number of benzene rings is 2. The van der Waals surface area contributed by atoms with Crippen molar-refractivity contribution < 1.29 is 5.11 Å². The molecule has 3 nitrogen and oxygen atoms in total. The van der Waals surface area contributed by atoms with Gasteiger partial charge in [0.25, 0.3) is 0 Å². The number of phenolic OH excluding ortho intramolecular Hbond substituents is 1. The van der Waals surface area contributed by atoms with Crippen LogP contribution >= 0.6 is 15.9 Å². The summed E-state index contributed by atoms with van der Waals surface area (Å²) in [6.07, 6.45) is 0. The lowest BCUT2D eigenvalue weighted by Crippen LogP contribution is -2.46. The number of nitrogens with zero attached hydrogens (tertiary/aromatic N) is 2. The Morgan fingerprint density at radius 3 is 2.38 bits per heavy atom. The molecule has 0 spiro atoms. The molecule has 24 heavy (non-hydrogen) atoms. The zero-order valence-electron chi connectivity index (χ0n) is 14.6. The van der Waals surface area contributed by atoms with Crippen molar-refractivity contribution in [2.45, 2.75) is 27.3 Å². The molecule has 1 aliphatic heterocycles. The van der Waals surface area contributed by atoms with Gasteiger partial charge in [0.1, 0.15) is 5.75 Å². The Balaban J connectivity index is 1.64. The van der Waals surface area contributed by atoms with E-state index in [2.05, 4.69) is 63.8 Å². The fraction of sp³-hybridized carbons (Fsp3) is 0.400. The van der Waals surface area contributed by atoms with Crippen LogP contribution in [-0.2, 0) is 6.54 Å². The van der Waals surface area contributed by atoms with Crippen LogP contribution in [0.1, 0.15) is 22.3 Å². The number of halogens is 1. The van der Waals surface area contributed by atoms with Crippen LogP contribution in [0.2, 0.25) is 0 Å². The largest absolute Gasteiger partial charge is 0.506 e. The van der Waals surface area contributed by atoms with E-state index in [0.717, 1.165) is 42.8 Å². The third-order valence-electron chi connectivity index (χ3n) is 5.01. The van der Waals surface area contributed by atoms with Crippen LogP contribution in [0, 0.1) is 20.8 Å². The number of piperazine rings is 1. The highest BCUT2D eigenvalue weighted by Crippen LogP contribution is 2.30. The maximum atomic E-state index is 9.88. The van der Waals surface area contributed by atoms with Gasteiger partial charge in [0.05, 0.1) is 4.47 Å². The lowest BCUT2D eigenvalue weighted by atomic mass is 10.1. The van der Waals surface area contributed by atoms with E-state index in [1.54, 1.807) is 0 Å². The van der Waals surface area contributed by atoms with Gasteiger partial charge >= 0.3 is 0 Å². The van der Waals surface area contributed by atoms with Gasteiger partial charge in [-0.15, -0.1) is 0 Å². The highest BCUT2D eigenvalue weighted by atomic mass is 79.9. The van der Waals surface area contributed by atoms with Gasteiger partial charge in [-0.1, -0.05) is 18.2 Å². The summed E-state index contributed by atoms with van der Waals surface area (Å²) < 4.78 is 0.784. The highest BCUT2D eigenvalue weighted by molar-refractivity contribution is 9.10. The van der Waals surface area contributed by atoms with Crippen LogP contribution in [0.25, 0.3) is 0 Å². The molecular weight excluding hydrogens is 364 g/mol. The van der Waals surface area contributed by atoms with Gasteiger partial charge in [-0.05, 0) is 71.1 Å². The van der Waals surface area contributed by atoms with Gasteiger partial charge < -0.3 is 10.0 Å². The van der Waals surface area contributed by atoms with Crippen molar-refractivity contribution in [1.29, 1.82) is 0 Å². The summed E-state index contributed by atoms with van der Waals surface area (Å²) in [7, 11) is 0. The van der Waals surface area contributed by atoms with E-state index in [-0.39, 0.29) is 0 Å². The van der Waals surface area contributed by atoms with Gasteiger partial charge in [-0.25, -0.2) is 0 Å². The molecule has 0 amide bonds. The molecule has 4 heteroatoms. The predicted molar refractivity (Wildman–Crippen MR) is 104 cm³/mol. The van der Waals surface area contributed by atoms with Crippen molar-refractivity contribution in [2.75, 3.05) is 31.1 Å². The minimum absolute atomic E-state index is 0.346. The minimum atomic E-state index is 0.346. The van der Waals surface area contributed by atoms with Gasteiger partial charge in [-0.3, -0.25) is 4.90 Å². The van der Waals surface area contributed by atoms with Crippen molar-refractivity contribution in [3.63, 3.8) is 0 Å². The lowest BCUT2D eigenvalue weighted by Gasteiger charge is -2.37. The van der Waals surface area contributed by atoms with Crippen LogP contribution in [0.15, 0.2) is 34.8 Å². The molecule has 2 aromatic carbocycles. The maximum absolute atomic E-state index is 9.88. The van der Waals surface area contributed by atoms with Gasteiger partial charge in [0, 0.05) is 38.4 Å². The smallest absolute Gasteiger partial charge is 0.132 e. The Kier molecular flexibility index (Phi) is 5.16. The number of hydrogen-bond acceptors (Lipinski definition) is 3. The standard InChI is InChI=1S/C20H25BrN2O/c1-14-5-4-6-19(16(14)3)23-9-7-22(8-10-23)13-17-11-15(2)20(24)18(21)12-17/h4-6,11-12,24H,7-10,13H2,1-3H3. The van der Waals surface area contributed by atoms with Crippen LogP contribution in [0.5, 0.6) is 5.75 Å². The summed E-state index contributed by atoms with van der Waals surface area (Å²) in [6, 6.07) is 10.7. The van der Waals surface area contributed by atoms with Gasteiger partial charge in [0.15, 0.2) is 0 Å². The number of aryl methyl sites for hydroxylation is 2. The fourth-order valence-electron chi connectivity index (χ4n) is 3.38. The fourth-order valence-corrected chi connectivity index (χ4v) is 3.99. The summed E-state index contributed by atoms with van der Waals surface area (Å²) in [6.45, 7) is 11.5. The van der Waals surface area contributed by atoms with Crippen molar-refractivity contribution in [1.82, 2.24) is 4.90 Å². The van der Waals surface area contributed by atoms with Crippen LogP contribution < -0.4 is 4.90 Å². The van der Waals surface area contributed by atoms with Crippen molar-refractivity contribution in [3.8, 4) is 5.75 Å². The lowest BCUT2D eigenvalue weighted by molar-refractivity contribution is 0.249. The van der Waals surface area contributed by atoms with Crippen molar-refractivity contribution in [2.24, 2.45) is 0 Å². The quantitative estimate of drug-likeness (QED) is 0.843. The number of rotatable bonds is 3. The first-order valence-electron chi connectivity index (χ1n) is 8.47. The average molecular weight is 389 g/mol. The van der Waals surface area contributed by atoms with Crippen LogP contribution in [0.4, 0.5) is 5.69 Å². The van der Waals surface area contributed by atoms with Crippen molar-refractivity contribution in [3.05, 3.63) is 57.1 Å². The zero-order valence-corrected chi connectivity index (χ0v) is 16.2. The Bertz CT molecular complexity index is 713. The molecule has 128 valence electrons. The molecule has 1 saturated heterocycles. The maximum Gasteiger partial charge on any atom is 0.132 e. The molecule has 3 rings (SSSR count). The average Bonchev–Trinajstić information content (AvgIpc) is 2.56. The molecule has 1 heterocycles. The van der Waals surface area contributed by atoms with Crippen molar-refractivity contribution >= 4 is 21.6 Å². The Morgan fingerprint density at radius 2 is 1.71 bits per heavy atom. The molecule has 0 saturated carbocycles. The molecule has 0 unspecified atom stereocenters. The van der Waals surface area contributed by atoms with Gasteiger partial charge in [-0.2, -0.15) is 0 Å². The number of hydrogen-bond donors (Lipinski definition) is 1. The number of phenols is 1. The number of anilines is 1. The van der Waals surface area contributed by atoms with Gasteiger partial charge in [0.2, 0.25) is 0 Å². The van der Waals surface area contributed by atoms with E-state index in [0.29, 0.717) is 5.75 Å². The molecule has 1 N–H and O–H groups in total. The third kappa shape index (κ3) is 3.60. The molecule has 2 aromatic rings. The van der Waals surface area contributed by atoms with Crippen LogP contribution in [0.3, 0.4) is 0 Å². The molecule has 0 aliphatic carbocycles. The summed E-state index contributed by atoms with van der Waals surface area (Å²) in [4.78, 5) is 4.98. The first-order chi connectivity index (χ1) is 11.5. The molecular formula is C20H25BrN2O. The second-order valence-corrected chi connectivity index (χ2v) is 7.58. The molecule has 1 fully saturated rings. The molecule has 1 aliphatic rings. The Labute approximate surface area is 153 Å². The highest BCUT2D eigenvalue weighted by Gasteiger charge is 2.19. The van der Waals surface area contributed by atoms with Crippen LogP contribution in [-0.4, -0.2) is 36.2 Å². The Morgan fingerprint density at radius 1 is 1.00 bits per heavy atom. The summed E-state index contributed by atoms with van der Waals surface area (Å²) in [5.41, 5.74) is 6.30. The topological polar surface area (TPSA) is 26.7 Å². The zero-order chi connectivity index (χ0) is 17.3. The minimum Gasteiger partial charge on any atom is -0.506 e. The van der Waals surface area contributed by atoms with E-state index in [1.807, 2.05) is 13.0 Å². The van der Waals surface area contributed by atoms with E-state index >= 15 is 0 Å². The second kappa shape index (κ2) is 7.16. The molecule has 0 aromatic heterocycles. The second-order valence-electron chi connectivity index (χ2n) is 6.73.